The van der Waals surface area contributed by atoms with Gasteiger partial charge in [0, 0.05) is 41.5 Å². The normalized spacial score (nSPS) is 12.3. The molecule has 0 bridgehead atoms. The lowest BCUT2D eigenvalue weighted by molar-refractivity contribution is 0.247. The molecule has 0 spiro atoms. The zero-order chi connectivity index (χ0) is 22.2. The van der Waals surface area contributed by atoms with Crippen molar-refractivity contribution >= 4 is 22.5 Å². The number of aliphatic hydroxyl groups is 1. The Balaban J connectivity index is 1.54. The molecular formula is C24H20ClN5O2. The highest BCUT2D eigenvalue weighted by Gasteiger charge is 2.16. The number of aromatic nitrogens is 5. The van der Waals surface area contributed by atoms with E-state index in [2.05, 4.69) is 15.3 Å². The third-order valence-electron chi connectivity index (χ3n) is 5.56. The second-order valence-electron chi connectivity index (χ2n) is 7.65. The van der Waals surface area contributed by atoms with Gasteiger partial charge in [-0.05, 0) is 47.0 Å². The number of aryl methyl sites for hydroxylation is 1. The number of hydrogen-bond acceptors (Lipinski definition) is 4. The van der Waals surface area contributed by atoms with Crippen LogP contribution < -0.4 is 5.56 Å². The molecule has 5 aromatic rings. The van der Waals surface area contributed by atoms with Gasteiger partial charge >= 0.3 is 0 Å². The van der Waals surface area contributed by atoms with E-state index in [1.807, 2.05) is 43.6 Å². The van der Waals surface area contributed by atoms with Gasteiger partial charge in [-0.1, -0.05) is 29.8 Å². The van der Waals surface area contributed by atoms with Crippen molar-refractivity contribution in [1.29, 1.82) is 0 Å². The van der Waals surface area contributed by atoms with Crippen LogP contribution in [0.15, 0.2) is 78.0 Å². The molecule has 0 fully saturated rings. The summed E-state index contributed by atoms with van der Waals surface area (Å²) in [5.74, 6) is 0. The summed E-state index contributed by atoms with van der Waals surface area (Å²) in [6, 6.07) is 16.0. The second kappa shape index (κ2) is 8.11. The molecule has 160 valence electrons. The van der Waals surface area contributed by atoms with Gasteiger partial charge in [0.15, 0.2) is 0 Å². The molecule has 0 saturated heterocycles. The van der Waals surface area contributed by atoms with Crippen LogP contribution in [0, 0.1) is 0 Å². The molecule has 5 rings (SSSR count). The number of pyridine rings is 1. The monoisotopic (exact) mass is 445 g/mol. The third kappa shape index (κ3) is 3.62. The predicted molar refractivity (Wildman–Crippen MR) is 125 cm³/mol. The number of nitrogens with zero attached hydrogens (tertiary/aromatic N) is 4. The summed E-state index contributed by atoms with van der Waals surface area (Å²) in [5.41, 5.74) is 4.88. The van der Waals surface area contributed by atoms with Crippen LogP contribution in [0.25, 0.3) is 33.3 Å². The number of nitrogens with one attached hydrogen (secondary N) is 1. The van der Waals surface area contributed by atoms with Crippen LogP contribution in [0.4, 0.5) is 0 Å². The third-order valence-corrected chi connectivity index (χ3v) is 5.80. The Hall–Kier alpha value is -3.68. The molecule has 0 amide bonds. The van der Waals surface area contributed by atoms with Crippen molar-refractivity contribution in [3.63, 3.8) is 0 Å². The smallest absolute Gasteiger partial charge is 0.251 e. The van der Waals surface area contributed by atoms with Crippen LogP contribution in [0.1, 0.15) is 11.6 Å². The predicted octanol–water partition coefficient (Wildman–Crippen LogP) is 4.03. The van der Waals surface area contributed by atoms with Crippen LogP contribution in [0.2, 0.25) is 5.02 Å². The molecule has 8 heteroatoms. The maximum atomic E-state index is 13.0. The lowest BCUT2D eigenvalue weighted by Crippen LogP contribution is -2.26. The maximum absolute atomic E-state index is 13.0. The molecule has 2 aromatic carbocycles. The molecule has 3 heterocycles. The quantitative estimate of drug-likeness (QED) is 0.427. The Morgan fingerprint density at radius 2 is 1.94 bits per heavy atom. The second-order valence-corrected chi connectivity index (χ2v) is 8.09. The summed E-state index contributed by atoms with van der Waals surface area (Å²) in [4.78, 5) is 13.0. The minimum Gasteiger partial charge on any atom is -0.394 e. The number of hydrogen-bond donors (Lipinski definition) is 2. The van der Waals surface area contributed by atoms with E-state index < -0.39 is 6.04 Å². The van der Waals surface area contributed by atoms with Crippen molar-refractivity contribution in [1.82, 2.24) is 24.5 Å². The highest BCUT2D eigenvalue weighted by Crippen LogP contribution is 2.30. The number of aromatic amines is 1. The minimum absolute atomic E-state index is 0.207. The lowest BCUT2D eigenvalue weighted by atomic mass is 10.0. The van der Waals surface area contributed by atoms with Crippen molar-refractivity contribution < 1.29 is 5.11 Å². The van der Waals surface area contributed by atoms with E-state index in [1.165, 1.54) is 4.57 Å². The van der Waals surface area contributed by atoms with Gasteiger partial charge < -0.3 is 9.67 Å². The first-order chi connectivity index (χ1) is 15.5. The van der Waals surface area contributed by atoms with Crippen molar-refractivity contribution in [2.24, 2.45) is 7.05 Å². The van der Waals surface area contributed by atoms with E-state index in [4.69, 9.17) is 11.6 Å². The molecule has 0 aliphatic carbocycles. The van der Waals surface area contributed by atoms with Crippen molar-refractivity contribution in [2.45, 2.75) is 6.04 Å². The topological polar surface area (TPSA) is 88.7 Å². The summed E-state index contributed by atoms with van der Waals surface area (Å²) in [6.45, 7) is -0.213. The van der Waals surface area contributed by atoms with E-state index in [0.29, 0.717) is 5.02 Å². The number of benzene rings is 2. The number of rotatable bonds is 5. The molecule has 1 atom stereocenters. The highest BCUT2D eigenvalue weighted by molar-refractivity contribution is 6.30. The van der Waals surface area contributed by atoms with Crippen molar-refractivity contribution in [3.05, 3.63) is 94.1 Å². The Kier molecular flexibility index (Phi) is 5.13. The molecule has 0 unspecified atom stereocenters. The summed E-state index contributed by atoms with van der Waals surface area (Å²) < 4.78 is 3.25. The Morgan fingerprint density at radius 1 is 1.09 bits per heavy atom. The first-order valence-corrected chi connectivity index (χ1v) is 10.5. The number of halogens is 1. The molecule has 0 saturated carbocycles. The van der Waals surface area contributed by atoms with Crippen LogP contribution in [0.5, 0.6) is 0 Å². The van der Waals surface area contributed by atoms with Gasteiger partial charge in [-0.15, -0.1) is 0 Å². The van der Waals surface area contributed by atoms with E-state index >= 15 is 0 Å². The fourth-order valence-corrected chi connectivity index (χ4v) is 4.15. The molecule has 3 aromatic heterocycles. The summed E-state index contributed by atoms with van der Waals surface area (Å²) in [5, 5.41) is 23.2. The van der Waals surface area contributed by atoms with Crippen LogP contribution in [-0.4, -0.2) is 36.3 Å². The first-order valence-electron chi connectivity index (χ1n) is 10.1. The minimum atomic E-state index is -0.510. The molecule has 32 heavy (non-hydrogen) atoms. The van der Waals surface area contributed by atoms with E-state index in [9.17, 15) is 9.90 Å². The highest BCUT2D eigenvalue weighted by atomic mass is 35.5. The summed E-state index contributed by atoms with van der Waals surface area (Å²) in [6.07, 6.45) is 5.39. The standard InChI is InChI=1S/C24H20ClN5O2/c1-29-13-18(12-26-29)24-20-10-15(5-6-21(20)27-28-24)16-7-8-30(23(32)11-16)22(14-31)17-3-2-4-19(25)9-17/h2-13,22,31H,14H2,1H3,(H,27,28)/t22-/m1/s1. The molecule has 7 nitrogen and oxygen atoms in total. The fraction of sp³-hybridized carbons (Fsp3) is 0.125. The molecule has 0 aliphatic heterocycles. The van der Waals surface area contributed by atoms with Crippen molar-refractivity contribution in [2.75, 3.05) is 6.61 Å². The van der Waals surface area contributed by atoms with Gasteiger partial charge in [-0.25, -0.2) is 0 Å². The van der Waals surface area contributed by atoms with Crippen LogP contribution in [-0.2, 0) is 7.05 Å². The fourth-order valence-electron chi connectivity index (χ4n) is 3.95. The van der Waals surface area contributed by atoms with Crippen molar-refractivity contribution in [3.8, 4) is 22.4 Å². The van der Waals surface area contributed by atoms with Gasteiger partial charge in [0.05, 0.1) is 24.4 Å². The van der Waals surface area contributed by atoms with E-state index in [-0.39, 0.29) is 12.2 Å². The maximum Gasteiger partial charge on any atom is 0.251 e. The van der Waals surface area contributed by atoms with Crippen LogP contribution >= 0.6 is 11.6 Å². The molecule has 0 radical (unpaired) electrons. The van der Waals surface area contributed by atoms with Gasteiger partial charge in [-0.2, -0.15) is 10.2 Å². The Morgan fingerprint density at radius 3 is 2.66 bits per heavy atom. The van der Waals surface area contributed by atoms with Gasteiger partial charge in [0.1, 0.15) is 5.69 Å². The van der Waals surface area contributed by atoms with E-state index in [0.717, 1.165) is 38.9 Å². The molecule has 0 aliphatic rings. The lowest BCUT2D eigenvalue weighted by Gasteiger charge is -2.18. The molecule has 2 N–H and O–H groups in total. The van der Waals surface area contributed by atoms with Crippen LogP contribution in [0.3, 0.4) is 0 Å². The van der Waals surface area contributed by atoms with E-state index in [1.54, 1.807) is 41.3 Å². The number of aliphatic hydroxyl groups excluding tert-OH is 1. The SMILES string of the molecule is Cn1cc(-c2n[nH]c3ccc(-c4ccn([C@H](CO)c5cccc(Cl)c5)c(=O)c4)cc23)cn1. The summed E-state index contributed by atoms with van der Waals surface area (Å²) >= 11 is 6.09. The number of H-pyrrole nitrogens is 1. The first kappa shape index (κ1) is 20.2. The largest absolute Gasteiger partial charge is 0.394 e. The average Bonchev–Trinajstić information content (AvgIpc) is 3.40. The molecular weight excluding hydrogens is 426 g/mol. The Bertz CT molecular complexity index is 1480. The van der Waals surface area contributed by atoms with Gasteiger partial charge in [-0.3, -0.25) is 14.6 Å². The Labute approximate surface area is 188 Å². The zero-order valence-corrected chi connectivity index (χ0v) is 18.0. The summed E-state index contributed by atoms with van der Waals surface area (Å²) in [7, 11) is 1.86. The van der Waals surface area contributed by atoms with Gasteiger partial charge in [0.25, 0.3) is 5.56 Å². The number of fused-ring (bicyclic) bond motifs is 1. The van der Waals surface area contributed by atoms with Gasteiger partial charge in [0.2, 0.25) is 0 Å². The average molecular weight is 446 g/mol. The zero-order valence-electron chi connectivity index (χ0n) is 17.2.